The Kier molecular flexibility index (Phi) is 7.38. The molecule has 0 aromatic heterocycles. The number of para-hydroxylation sites is 1. The molecule has 1 aliphatic heterocycles. The molecule has 1 atom stereocenters. The number of amidine groups is 1. The molecular formula is C28H28N2O3S. The second kappa shape index (κ2) is 10.6. The zero-order valence-electron chi connectivity index (χ0n) is 19.8. The number of methoxy groups -OCH3 is 1. The first-order valence-corrected chi connectivity index (χ1v) is 12.0. The minimum absolute atomic E-state index is 0.0369. The summed E-state index contributed by atoms with van der Waals surface area (Å²) in [6, 6.07) is 25.2. The maximum absolute atomic E-state index is 13.6. The van der Waals surface area contributed by atoms with Crippen LogP contribution >= 0.6 is 11.8 Å². The van der Waals surface area contributed by atoms with Crippen molar-refractivity contribution in [2.45, 2.75) is 32.9 Å². The van der Waals surface area contributed by atoms with Crippen LogP contribution in [0.15, 0.2) is 88.8 Å². The van der Waals surface area contributed by atoms with Crippen LogP contribution in [-0.4, -0.2) is 29.2 Å². The number of thioether (sulfide) groups is 1. The smallest absolute Gasteiger partial charge is 0.267 e. The molecule has 0 radical (unpaired) electrons. The van der Waals surface area contributed by atoms with Gasteiger partial charge in [-0.25, -0.2) is 4.99 Å². The molecule has 4 rings (SSSR count). The van der Waals surface area contributed by atoms with E-state index in [1.165, 1.54) is 11.8 Å². The number of hydrogen-bond donors (Lipinski definition) is 0. The summed E-state index contributed by atoms with van der Waals surface area (Å²) in [5, 5.41) is 0.658. The lowest BCUT2D eigenvalue weighted by molar-refractivity contribution is -0.123. The summed E-state index contributed by atoms with van der Waals surface area (Å²) < 4.78 is 11.3. The van der Waals surface area contributed by atoms with E-state index in [0.29, 0.717) is 21.6 Å². The van der Waals surface area contributed by atoms with Gasteiger partial charge in [0.1, 0.15) is 0 Å². The van der Waals surface area contributed by atoms with Gasteiger partial charge in [-0.05, 0) is 74.0 Å². The third-order valence-corrected chi connectivity index (χ3v) is 6.32. The maximum Gasteiger partial charge on any atom is 0.267 e. The molecule has 0 saturated carbocycles. The zero-order valence-corrected chi connectivity index (χ0v) is 20.6. The Morgan fingerprint density at radius 3 is 2.24 bits per heavy atom. The summed E-state index contributed by atoms with van der Waals surface area (Å²) in [7, 11) is 1.61. The molecule has 1 saturated heterocycles. The minimum atomic E-state index is -0.161. The normalized spacial score (nSPS) is 17.0. The highest BCUT2D eigenvalue weighted by molar-refractivity contribution is 8.18. The number of benzene rings is 3. The molecule has 1 heterocycles. The van der Waals surface area contributed by atoms with Gasteiger partial charge in [-0.1, -0.05) is 54.6 Å². The van der Waals surface area contributed by atoms with Crippen LogP contribution in [0.3, 0.4) is 0 Å². The van der Waals surface area contributed by atoms with Crippen molar-refractivity contribution in [1.82, 2.24) is 4.90 Å². The summed E-state index contributed by atoms with van der Waals surface area (Å²) in [6.07, 6.45) is 1.92. The first kappa shape index (κ1) is 23.6. The van der Waals surface area contributed by atoms with Crippen molar-refractivity contribution in [2.75, 3.05) is 7.11 Å². The minimum Gasteiger partial charge on any atom is -0.493 e. The van der Waals surface area contributed by atoms with Gasteiger partial charge < -0.3 is 9.47 Å². The van der Waals surface area contributed by atoms with E-state index >= 15 is 0 Å². The van der Waals surface area contributed by atoms with Crippen LogP contribution in [0, 0.1) is 0 Å². The van der Waals surface area contributed by atoms with E-state index in [1.807, 2.05) is 106 Å². The third kappa shape index (κ3) is 5.34. The molecule has 5 nitrogen and oxygen atoms in total. The second-order valence-corrected chi connectivity index (χ2v) is 9.19. The average Bonchev–Trinajstić information content (AvgIpc) is 3.14. The number of aliphatic imine (C=N–C) groups is 1. The largest absolute Gasteiger partial charge is 0.493 e. The van der Waals surface area contributed by atoms with Gasteiger partial charge in [0.05, 0.1) is 29.8 Å². The molecule has 1 aliphatic rings. The Bertz CT molecular complexity index is 1210. The molecule has 3 aromatic carbocycles. The Labute approximate surface area is 205 Å². The van der Waals surface area contributed by atoms with Crippen molar-refractivity contribution >= 4 is 34.6 Å². The number of nitrogens with zero attached hydrogens (tertiary/aromatic N) is 2. The fourth-order valence-corrected chi connectivity index (χ4v) is 4.74. The molecule has 3 aromatic rings. The Hall–Kier alpha value is -3.51. The van der Waals surface area contributed by atoms with Crippen molar-refractivity contribution in [3.8, 4) is 11.5 Å². The lowest BCUT2D eigenvalue weighted by Crippen LogP contribution is -2.32. The predicted molar refractivity (Wildman–Crippen MR) is 140 cm³/mol. The van der Waals surface area contributed by atoms with E-state index in [-0.39, 0.29) is 18.1 Å². The van der Waals surface area contributed by atoms with Crippen molar-refractivity contribution in [3.05, 3.63) is 94.9 Å². The molecule has 174 valence electrons. The van der Waals surface area contributed by atoms with Crippen LogP contribution in [0.25, 0.3) is 6.08 Å². The third-order valence-electron chi connectivity index (χ3n) is 5.34. The first-order chi connectivity index (χ1) is 16.5. The van der Waals surface area contributed by atoms with E-state index < -0.39 is 0 Å². The van der Waals surface area contributed by atoms with Crippen LogP contribution in [0.5, 0.6) is 11.5 Å². The molecule has 0 bridgehead atoms. The molecule has 0 N–H and O–H groups in total. The molecule has 1 fully saturated rings. The summed E-state index contributed by atoms with van der Waals surface area (Å²) in [4.78, 5) is 20.8. The van der Waals surface area contributed by atoms with E-state index in [9.17, 15) is 4.79 Å². The molecular weight excluding hydrogens is 444 g/mol. The SMILES string of the molecule is COc1cc(/C=C2/SC(=Nc3ccccc3)N([C@H](C)c3ccccc3)C2=O)ccc1OC(C)C. The Morgan fingerprint density at radius 2 is 1.59 bits per heavy atom. The summed E-state index contributed by atoms with van der Waals surface area (Å²) in [6.45, 7) is 5.97. The fourth-order valence-electron chi connectivity index (χ4n) is 3.68. The van der Waals surface area contributed by atoms with Gasteiger partial charge in [0.2, 0.25) is 0 Å². The maximum atomic E-state index is 13.6. The van der Waals surface area contributed by atoms with E-state index in [4.69, 9.17) is 14.5 Å². The van der Waals surface area contributed by atoms with Gasteiger partial charge in [0.15, 0.2) is 16.7 Å². The fraction of sp³-hybridized carbons (Fsp3) is 0.214. The van der Waals surface area contributed by atoms with Crippen LogP contribution in [-0.2, 0) is 4.79 Å². The second-order valence-electron chi connectivity index (χ2n) is 8.18. The van der Waals surface area contributed by atoms with Gasteiger partial charge in [-0.3, -0.25) is 9.69 Å². The molecule has 0 unspecified atom stereocenters. The molecule has 0 aliphatic carbocycles. The first-order valence-electron chi connectivity index (χ1n) is 11.2. The van der Waals surface area contributed by atoms with E-state index in [2.05, 4.69) is 0 Å². The van der Waals surface area contributed by atoms with Gasteiger partial charge in [0, 0.05) is 0 Å². The van der Waals surface area contributed by atoms with Crippen molar-refractivity contribution in [1.29, 1.82) is 0 Å². The van der Waals surface area contributed by atoms with Crippen molar-refractivity contribution in [3.63, 3.8) is 0 Å². The number of carbonyl (C=O) groups is 1. The summed E-state index contributed by atoms with van der Waals surface area (Å²) >= 11 is 1.38. The molecule has 0 spiro atoms. The lowest BCUT2D eigenvalue weighted by Gasteiger charge is -2.24. The standard InChI is InChI=1S/C28H28N2O3S/c1-19(2)33-24-16-15-21(17-25(24)32-4)18-26-27(31)30(20(3)22-11-7-5-8-12-22)28(34-26)29-23-13-9-6-10-14-23/h5-20H,1-4H3/b26-18+,29-28?/t20-/m1/s1. The topological polar surface area (TPSA) is 51.1 Å². The van der Waals surface area contributed by atoms with Gasteiger partial charge >= 0.3 is 0 Å². The van der Waals surface area contributed by atoms with Crippen molar-refractivity contribution in [2.24, 2.45) is 4.99 Å². The van der Waals surface area contributed by atoms with E-state index in [1.54, 1.807) is 12.0 Å². The van der Waals surface area contributed by atoms with Crippen LogP contribution in [0.1, 0.15) is 37.9 Å². The predicted octanol–water partition coefficient (Wildman–Crippen LogP) is 6.85. The number of ether oxygens (including phenoxy) is 2. The highest BCUT2D eigenvalue weighted by Gasteiger charge is 2.37. The average molecular weight is 473 g/mol. The van der Waals surface area contributed by atoms with Gasteiger partial charge in [-0.15, -0.1) is 0 Å². The summed E-state index contributed by atoms with van der Waals surface area (Å²) in [5.41, 5.74) is 2.72. The van der Waals surface area contributed by atoms with E-state index in [0.717, 1.165) is 16.8 Å². The van der Waals surface area contributed by atoms with Crippen LogP contribution in [0.2, 0.25) is 0 Å². The number of rotatable bonds is 7. The lowest BCUT2D eigenvalue weighted by atomic mass is 10.1. The quantitative estimate of drug-likeness (QED) is 0.353. The number of amides is 1. The van der Waals surface area contributed by atoms with Crippen LogP contribution < -0.4 is 9.47 Å². The highest BCUT2D eigenvalue weighted by atomic mass is 32.2. The number of carbonyl (C=O) groups excluding carboxylic acids is 1. The van der Waals surface area contributed by atoms with Crippen LogP contribution in [0.4, 0.5) is 5.69 Å². The van der Waals surface area contributed by atoms with Gasteiger partial charge in [0.25, 0.3) is 5.91 Å². The zero-order chi connectivity index (χ0) is 24.1. The highest BCUT2D eigenvalue weighted by Crippen LogP contribution is 2.40. The monoisotopic (exact) mass is 472 g/mol. The molecule has 34 heavy (non-hydrogen) atoms. The number of hydrogen-bond acceptors (Lipinski definition) is 5. The Morgan fingerprint density at radius 1 is 0.912 bits per heavy atom. The van der Waals surface area contributed by atoms with Gasteiger partial charge in [-0.2, -0.15) is 0 Å². The summed E-state index contributed by atoms with van der Waals surface area (Å²) in [5.74, 6) is 1.24. The molecule has 1 amide bonds. The van der Waals surface area contributed by atoms with Crippen molar-refractivity contribution < 1.29 is 14.3 Å². The Balaban J connectivity index is 1.71. The molecule has 6 heteroatoms.